The van der Waals surface area contributed by atoms with Gasteiger partial charge in [0, 0.05) is 22.9 Å². The molecule has 0 aliphatic carbocycles. The lowest BCUT2D eigenvalue weighted by molar-refractivity contribution is -0.676. The molecule has 1 atom stereocenters. The van der Waals surface area contributed by atoms with Crippen molar-refractivity contribution in [3.63, 3.8) is 0 Å². The molecule has 0 saturated carbocycles. The molecule has 12 heavy (non-hydrogen) atoms. The first kappa shape index (κ1) is 8.27. The first-order chi connectivity index (χ1) is 5.86. The summed E-state index contributed by atoms with van der Waals surface area (Å²) in [5, 5.41) is 2.43. The van der Waals surface area contributed by atoms with Gasteiger partial charge in [0.1, 0.15) is 6.04 Å². The van der Waals surface area contributed by atoms with E-state index in [1.807, 2.05) is 0 Å². The van der Waals surface area contributed by atoms with Gasteiger partial charge in [0.15, 0.2) is 0 Å². The van der Waals surface area contributed by atoms with E-state index in [4.69, 9.17) is 0 Å². The standard InChI is InChI=1S/C10H12BrN/c11-9-5-3-8(4-6-9)10-2-1-7-12-10/h3-6,10,12H,1-2,7H2/p+1/t10-/m1/s1. The van der Waals surface area contributed by atoms with Gasteiger partial charge < -0.3 is 5.32 Å². The molecule has 0 unspecified atom stereocenters. The number of hydrogen-bond donors (Lipinski definition) is 1. The Balaban J connectivity index is 2.17. The molecule has 0 spiro atoms. The topological polar surface area (TPSA) is 16.6 Å². The quantitative estimate of drug-likeness (QED) is 0.754. The largest absolute Gasteiger partial charge is 0.340 e. The van der Waals surface area contributed by atoms with Crippen molar-refractivity contribution in [1.29, 1.82) is 0 Å². The van der Waals surface area contributed by atoms with Gasteiger partial charge >= 0.3 is 0 Å². The van der Waals surface area contributed by atoms with Gasteiger partial charge in [0.05, 0.1) is 6.54 Å². The highest BCUT2D eigenvalue weighted by molar-refractivity contribution is 9.10. The molecule has 0 amide bonds. The fourth-order valence-corrected chi connectivity index (χ4v) is 2.05. The van der Waals surface area contributed by atoms with E-state index in [1.54, 1.807) is 0 Å². The minimum atomic E-state index is 0.720. The van der Waals surface area contributed by atoms with Gasteiger partial charge in [0.25, 0.3) is 0 Å². The van der Waals surface area contributed by atoms with Gasteiger partial charge in [-0.15, -0.1) is 0 Å². The van der Waals surface area contributed by atoms with Gasteiger partial charge in [-0.2, -0.15) is 0 Å². The zero-order valence-electron chi connectivity index (χ0n) is 6.96. The minimum absolute atomic E-state index is 0.720. The van der Waals surface area contributed by atoms with Crippen LogP contribution in [0.1, 0.15) is 24.4 Å². The van der Waals surface area contributed by atoms with E-state index >= 15 is 0 Å². The lowest BCUT2D eigenvalue weighted by Gasteiger charge is -2.06. The maximum atomic E-state index is 3.44. The fourth-order valence-electron chi connectivity index (χ4n) is 1.79. The Morgan fingerprint density at radius 3 is 2.58 bits per heavy atom. The molecule has 1 fully saturated rings. The normalized spacial score (nSPS) is 22.9. The molecule has 0 bridgehead atoms. The number of nitrogens with two attached hydrogens (primary N) is 1. The zero-order valence-corrected chi connectivity index (χ0v) is 8.55. The molecule has 1 aromatic carbocycles. The van der Waals surface area contributed by atoms with Crippen LogP contribution in [0.15, 0.2) is 28.7 Å². The van der Waals surface area contributed by atoms with Crippen LogP contribution in [0, 0.1) is 0 Å². The summed E-state index contributed by atoms with van der Waals surface area (Å²) in [6.07, 6.45) is 2.70. The van der Waals surface area contributed by atoms with Gasteiger partial charge in [-0.25, -0.2) is 0 Å². The number of quaternary nitrogens is 1. The minimum Gasteiger partial charge on any atom is -0.340 e. The predicted molar refractivity (Wildman–Crippen MR) is 52.9 cm³/mol. The second-order valence-corrected chi connectivity index (χ2v) is 4.24. The van der Waals surface area contributed by atoms with Crippen molar-refractivity contribution in [2.45, 2.75) is 18.9 Å². The summed E-state index contributed by atoms with van der Waals surface area (Å²) in [7, 11) is 0. The first-order valence-corrected chi connectivity index (χ1v) is 5.24. The number of benzene rings is 1. The Morgan fingerprint density at radius 1 is 1.25 bits per heavy atom. The van der Waals surface area contributed by atoms with Crippen LogP contribution in [0.25, 0.3) is 0 Å². The van der Waals surface area contributed by atoms with Gasteiger partial charge in [-0.3, -0.25) is 0 Å². The molecule has 2 N–H and O–H groups in total. The Bertz CT molecular complexity index is 249. The monoisotopic (exact) mass is 226 g/mol. The molecule has 1 nitrogen and oxygen atoms in total. The highest BCUT2D eigenvalue weighted by Gasteiger charge is 2.19. The SMILES string of the molecule is Brc1ccc([C@H]2CCC[NH2+]2)cc1. The maximum Gasteiger partial charge on any atom is 0.112 e. The third-order valence-corrected chi connectivity index (χ3v) is 3.00. The fraction of sp³-hybridized carbons (Fsp3) is 0.400. The summed E-state index contributed by atoms with van der Waals surface area (Å²) in [6.45, 7) is 1.29. The molecule has 2 rings (SSSR count). The van der Waals surface area contributed by atoms with Crippen LogP contribution >= 0.6 is 15.9 Å². The zero-order chi connectivity index (χ0) is 8.39. The molecule has 1 aromatic rings. The Labute approximate surface area is 81.3 Å². The van der Waals surface area contributed by atoms with Crippen LogP contribution in [0.5, 0.6) is 0 Å². The summed E-state index contributed by atoms with van der Waals surface area (Å²) < 4.78 is 1.17. The lowest BCUT2D eigenvalue weighted by atomic mass is 10.1. The summed E-state index contributed by atoms with van der Waals surface area (Å²) in [5.74, 6) is 0. The van der Waals surface area contributed by atoms with Crippen molar-refractivity contribution in [2.75, 3.05) is 6.54 Å². The molecule has 1 aliphatic rings. The lowest BCUT2D eigenvalue weighted by Crippen LogP contribution is -2.81. The van der Waals surface area contributed by atoms with Crippen LogP contribution in [0.3, 0.4) is 0 Å². The molecule has 0 aromatic heterocycles. The number of rotatable bonds is 1. The van der Waals surface area contributed by atoms with Crippen LogP contribution in [-0.4, -0.2) is 6.54 Å². The molecular formula is C10H13BrN+. The van der Waals surface area contributed by atoms with E-state index in [0.717, 1.165) is 6.04 Å². The van der Waals surface area contributed by atoms with Crippen molar-refractivity contribution in [3.05, 3.63) is 34.3 Å². The van der Waals surface area contributed by atoms with E-state index in [9.17, 15) is 0 Å². The highest BCUT2D eigenvalue weighted by atomic mass is 79.9. The van der Waals surface area contributed by atoms with Crippen molar-refractivity contribution in [3.8, 4) is 0 Å². The predicted octanol–water partition coefficient (Wildman–Crippen LogP) is 1.85. The van der Waals surface area contributed by atoms with Gasteiger partial charge in [-0.1, -0.05) is 28.1 Å². The number of hydrogen-bond acceptors (Lipinski definition) is 0. The van der Waals surface area contributed by atoms with E-state index in [2.05, 4.69) is 45.5 Å². The summed E-state index contributed by atoms with van der Waals surface area (Å²) in [6, 6.07) is 9.41. The molecule has 64 valence electrons. The highest BCUT2D eigenvalue weighted by Crippen LogP contribution is 2.19. The number of halogens is 1. The average Bonchev–Trinajstić information content (AvgIpc) is 2.58. The molecular weight excluding hydrogens is 214 g/mol. The molecule has 1 saturated heterocycles. The Kier molecular flexibility index (Phi) is 2.47. The Hall–Kier alpha value is -0.340. The molecule has 0 radical (unpaired) electrons. The van der Waals surface area contributed by atoms with Crippen molar-refractivity contribution >= 4 is 15.9 Å². The van der Waals surface area contributed by atoms with Crippen molar-refractivity contribution in [2.24, 2.45) is 0 Å². The van der Waals surface area contributed by atoms with Crippen LogP contribution in [0.4, 0.5) is 0 Å². The molecule has 1 heterocycles. The third kappa shape index (κ3) is 1.70. The second-order valence-electron chi connectivity index (χ2n) is 3.32. The molecule has 1 aliphatic heterocycles. The van der Waals surface area contributed by atoms with Crippen molar-refractivity contribution in [1.82, 2.24) is 0 Å². The second kappa shape index (κ2) is 3.58. The van der Waals surface area contributed by atoms with E-state index in [0.29, 0.717) is 0 Å². The summed E-state index contributed by atoms with van der Waals surface area (Å²) in [4.78, 5) is 0. The smallest absolute Gasteiger partial charge is 0.112 e. The Morgan fingerprint density at radius 2 is 2.00 bits per heavy atom. The molecule has 2 heteroatoms. The summed E-state index contributed by atoms with van der Waals surface area (Å²) in [5.41, 5.74) is 1.47. The van der Waals surface area contributed by atoms with Gasteiger partial charge in [-0.05, 0) is 12.1 Å². The van der Waals surface area contributed by atoms with Crippen LogP contribution in [-0.2, 0) is 0 Å². The van der Waals surface area contributed by atoms with E-state index in [1.165, 1.54) is 29.4 Å². The van der Waals surface area contributed by atoms with Gasteiger partial charge in [0.2, 0.25) is 0 Å². The average molecular weight is 227 g/mol. The summed E-state index contributed by atoms with van der Waals surface area (Å²) >= 11 is 3.44. The third-order valence-electron chi connectivity index (χ3n) is 2.47. The van der Waals surface area contributed by atoms with E-state index in [-0.39, 0.29) is 0 Å². The first-order valence-electron chi connectivity index (χ1n) is 4.45. The maximum absolute atomic E-state index is 3.44. The van der Waals surface area contributed by atoms with Crippen LogP contribution < -0.4 is 5.32 Å². The van der Waals surface area contributed by atoms with Crippen LogP contribution in [0.2, 0.25) is 0 Å². The van der Waals surface area contributed by atoms with E-state index < -0.39 is 0 Å². The van der Waals surface area contributed by atoms with Crippen molar-refractivity contribution < 1.29 is 5.32 Å².